The van der Waals surface area contributed by atoms with Crippen LogP contribution in [0.25, 0.3) is 0 Å². The highest BCUT2D eigenvalue weighted by molar-refractivity contribution is 7.89. The van der Waals surface area contributed by atoms with Crippen LogP contribution in [0, 0.1) is 0 Å². The summed E-state index contributed by atoms with van der Waals surface area (Å²) in [6, 6.07) is 5.17. The summed E-state index contributed by atoms with van der Waals surface area (Å²) in [7, 11) is -1.93. The number of benzene rings is 1. The van der Waals surface area contributed by atoms with E-state index in [4.69, 9.17) is 16.3 Å². The monoisotopic (exact) mass is 319 g/mol. The summed E-state index contributed by atoms with van der Waals surface area (Å²) < 4.78 is 31.5. The Morgan fingerprint density at radius 1 is 1.25 bits per heavy atom. The highest BCUT2D eigenvalue weighted by Gasteiger charge is 2.23. The van der Waals surface area contributed by atoms with Crippen LogP contribution in [0.4, 0.5) is 0 Å². The number of hydrogen-bond acceptors (Lipinski definition) is 3. The van der Waals surface area contributed by atoms with Gasteiger partial charge in [-0.3, -0.25) is 0 Å². The fraction of sp³-hybridized carbons (Fsp3) is 0.571. The number of alkyl halides is 1. The number of rotatable bonds is 8. The van der Waals surface area contributed by atoms with E-state index in [0.29, 0.717) is 30.5 Å². The van der Waals surface area contributed by atoms with Gasteiger partial charge >= 0.3 is 0 Å². The Morgan fingerprint density at radius 3 is 2.45 bits per heavy atom. The summed E-state index contributed by atoms with van der Waals surface area (Å²) in [4.78, 5) is 0.295. The first-order chi connectivity index (χ1) is 9.51. The largest absolute Gasteiger partial charge is 0.383 e. The number of nitrogens with zero attached hydrogens (tertiary/aromatic N) is 1. The number of aryl methyl sites for hydroxylation is 1. The van der Waals surface area contributed by atoms with Gasteiger partial charge in [0, 0.05) is 26.1 Å². The van der Waals surface area contributed by atoms with Crippen molar-refractivity contribution in [2.75, 3.05) is 26.8 Å². The van der Waals surface area contributed by atoms with Crippen LogP contribution in [0.5, 0.6) is 0 Å². The quantitative estimate of drug-likeness (QED) is 0.692. The molecule has 0 aromatic heterocycles. The topological polar surface area (TPSA) is 46.6 Å². The summed E-state index contributed by atoms with van der Waals surface area (Å²) in [5.41, 5.74) is 1.96. The molecule has 0 heterocycles. The standard InChI is InChI=1S/C14H22ClNO3S/c1-4-12-6-7-14(10-13(12)11-15)20(17,18)16(5-2)8-9-19-3/h6-7,10H,4-5,8-9,11H2,1-3H3. The Balaban J connectivity index is 3.13. The third-order valence-corrected chi connectivity index (χ3v) is 5.50. The van der Waals surface area contributed by atoms with Gasteiger partial charge in [-0.2, -0.15) is 4.31 Å². The molecule has 0 saturated heterocycles. The predicted molar refractivity (Wildman–Crippen MR) is 81.7 cm³/mol. The molecular weight excluding hydrogens is 298 g/mol. The highest BCUT2D eigenvalue weighted by Crippen LogP contribution is 2.21. The predicted octanol–water partition coefficient (Wildman–Crippen LogP) is 2.64. The van der Waals surface area contributed by atoms with E-state index in [1.807, 2.05) is 19.9 Å². The molecule has 0 spiro atoms. The number of ether oxygens (including phenoxy) is 1. The van der Waals surface area contributed by atoms with Crippen LogP contribution >= 0.6 is 11.6 Å². The van der Waals surface area contributed by atoms with Crippen molar-refractivity contribution in [3.8, 4) is 0 Å². The maximum Gasteiger partial charge on any atom is 0.243 e. The molecule has 0 saturated carbocycles. The lowest BCUT2D eigenvalue weighted by molar-refractivity contribution is 0.180. The van der Waals surface area contributed by atoms with Crippen molar-refractivity contribution < 1.29 is 13.2 Å². The van der Waals surface area contributed by atoms with Crippen LogP contribution in [0.2, 0.25) is 0 Å². The van der Waals surface area contributed by atoms with E-state index in [1.54, 1.807) is 19.2 Å². The fourth-order valence-corrected chi connectivity index (χ4v) is 3.76. The van der Waals surface area contributed by atoms with Gasteiger partial charge in [0.05, 0.1) is 11.5 Å². The Bertz CT molecular complexity index is 531. The first-order valence-corrected chi connectivity index (χ1v) is 8.65. The van der Waals surface area contributed by atoms with Gasteiger partial charge in [0.15, 0.2) is 0 Å². The molecule has 0 aliphatic heterocycles. The lowest BCUT2D eigenvalue weighted by Crippen LogP contribution is -2.33. The average Bonchev–Trinajstić information content (AvgIpc) is 2.46. The number of hydrogen-bond donors (Lipinski definition) is 0. The number of sulfonamides is 1. The van der Waals surface area contributed by atoms with Gasteiger partial charge in [-0.05, 0) is 29.7 Å². The van der Waals surface area contributed by atoms with Crippen molar-refractivity contribution in [3.05, 3.63) is 29.3 Å². The molecule has 4 nitrogen and oxygen atoms in total. The summed E-state index contributed by atoms with van der Waals surface area (Å²) >= 11 is 5.90. The van der Waals surface area contributed by atoms with E-state index in [-0.39, 0.29) is 0 Å². The van der Waals surface area contributed by atoms with Gasteiger partial charge < -0.3 is 4.74 Å². The van der Waals surface area contributed by atoms with E-state index in [0.717, 1.165) is 17.5 Å². The van der Waals surface area contributed by atoms with E-state index >= 15 is 0 Å². The third-order valence-electron chi connectivity index (χ3n) is 3.24. The molecule has 1 rings (SSSR count). The molecule has 0 atom stereocenters. The Morgan fingerprint density at radius 2 is 1.95 bits per heavy atom. The first kappa shape index (κ1) is 17.4. The summed E-state index contributed by atoms with van der Waals surface area (Å²) in [5, 5.41) is 0. The fourth-order valence-electron chi connectivity index (χ4n) is 2.02. The molecule has 0 N–H and O–H groups in total. The minimum Gasteiger partial charge on any atom is -0.383 e. The summed E-state index contributed by atoms with van der Waals surface area (Å²) in [6.07, 6.45) is 0.837. The van der Waals surface area contributed by atoms with Gasteiger partial charge in [0.1, 0.15) is 0 Å². The van der Waals surface area contributed by atoms with Crippen molar-refractivity contribution in [1.82, 2.24) is 4.31 Å². The minimum absolute atomic E-state index is 0.295. The molecule has 0 amide bonds. The van der Waals surface area contributed by atoms with Crippen molar-refractivity contribution in [2.24, 2.45) is 0 Å². The molecule has 114 valence electrons. The van der Waals surface area contributed by atoms with E-state index < -0.39 is 10.0 Å². The van der Waals surface area contributed by atoms with Crippen LogP contribution < -0.4 is 0 Å². The van der Waals surface area contributed by atoms with Gasteiger partial charge in [-0.25, -0.2) is 8.42 Å². The van der Waals surface area contributed by atoms with E-state index in [1.165, 1.54) is 4.31 Å². The molecule has 0 fully saturated rings. The zero-order chi connectivity index (χ0) is 15.2. The average molecular weight is 320 g/mol. The smallest absolute Gasteiger partial charge is 0.243 e. The van der Waals surface area contributed by atoms with Gasteiger partial charge in [-0.15, -0.1) is 11.6 Å². The maximum atomic E-state index is 12.6. The lowest BCUT2D eigenvalue weighted by atomic mass is 10.1. The Labute approximate surface area is 126 Å². The second kappa shape index (κ2) is 7.98. The molecular formula is C14H22ClNO3S. The van der Waals surface area contributed by atoms with Crippen LogP contribution in [0.15, 0.2) is 23.1 Å². The van der Waals surface area contributed by atoms with Gasteiger partial charge in [0.25, 0.3) is 0 Å². The summed E-state index contributed by atoms with van der Waals surface area (Å²) in [6.45, 7) is 4.98. The van der Waals surface area contributed by atoms with Crippen LogP contribution in [0.1, 0.15) is 25.0 Å². The Kier molecular flexibility index (Phi) is 6.95. The molecule has 0 bridgehead atoms. The second-order valence-electron chi connectivity index (χ2n) is 4.41. The van der Waals surface area contributed by atoms with Crippen molar-refractivity contribution in [3.63, 3.8) is 0 Å². The maximum absolute atomic E-state index is 12.6. The molecule has 1 aromatic carbocycles. The van der Waals surface area contributed by atoms with Crippen LogP contribution in [-0.4, -0.2) is 39.5 Å². The number of halogens is 1. The lowest BCUT2D eigenvalue weighted by Gasteiger charge is -2.20. The van der Waals surface area contributed by atoms with Crippen LogP contribution in [0.3, 0.4) is 0 Å². The third kappa shape index (κ3) is 3.95. The molecule has 20 heavy (non-hydrogen) atoms. The molecule has 0 radical (unpaired) electrons. The molecule has 0 unspecified atom stereocenters. The zero-order valence-electron chi connectivity index (χ0n) is 12.2. The molecule has 0 aliphatic rings. The van der Waals surface area contributed by atoms with Crippen molar-refractivity contribution in [2.45, 2.75) is 31.0 Å². The minimum atomic E-state index is -3.49. The SMILES string of the molecule is CCc1ccc(S(=O)(=O)N(CC)CCOC)cc1CCl. The van der Waals surface area contributed by atoms with Crippen LogP contribution in [-0.2, 0) is 27.1 Å². The number of likely N-dealkylation sites (N-methyl/N-ethyl adjacent to an activating group) is 1. The highest BCUT2D eigenvalue weighted by atomic mass is 35.5. The van der Waals surface area contributed by atoms with E-state index in [9.17, 15) is 8.42 Å². The molecule has 0 aliphatic carbocycles. The Hall–Kier alpha value is -0.620. The number of methoxy groups -OCH3 is 1. The second-order valence-corrected chi connectivity index (χ2v) is 6.61. The zero-order valence-corrected chi connectivity index (χ0v) is 13.8. The van der Waals surface area contributed by atoms with Gasteiger partial charge in [-0.1, -0.05) is 19.9 Å². The van der Waals surface area contributed by atoms with E-state index in [2.05, 4.69) is 0 Å². The molecule has 1 aromatic rings. The van der Waals surface area contributed by atoms with Crippen molar-refractivity contribution >= 4 is 21.6 Å². The van der Waals surface area contributed by atoms with Gasteiger partial charge in [0.2, 0.25) is 10.0 Å². The normalized spacial score (nSPS) is 12.1. The van der Waals surface area contributed by atoms with Crippen molar-refractivity contribution in [1.29, 1.82) is 0 Å². The first-order valence-electron chi connectivity index (χ1n) is 6.68. The summed E-state index contributed by atoms with van der Waals surface area (Å²) in [5.74, 6) is 0.316. The molecule has 6 heteroatoms.